The summed E-state index contributed by atoms with van der Waals surface area (Å²) in [6, 6.07) is 16.4. The minimum Gasteiger partial charge on any atom is -0.457 e. The maximum atomic E-state index is 12.8. The summed E-state index contributed by atoms with van der Waals surface area (Å²) >= 11 is 0. The first-order valence-corrected chi connectivity index (χ1v) is 8.07. The van der Waals surface area contributed by atoms with Crippen LogP contribution in [-0.4, -0.2) is 16.9 Å². The summed E-state index contributed by atoms with van der Waals surface area (Å²) in [6.07, 6.45) is -0.0635. The smallest absolute Gasteiger partial charge is 0.306 e. The van der Waals surface area contributed by atoms with E-state index in [1.54, 1.807) is 6.07 Å². The lowest BCUT2D eigenvalue weighted by atomic mass is 10.1. The average molecular weight is 353 g/mol. The van der Waals surface area contributed by atoms with Crippen LogP contribution in [0.1, 0.15) is 29.0 Å². The molecule has 26 heavy (non-hydrogen) atoms. The molecule has 0 amide bonds. The highest BCUT2D eigenvalue weighted by atomic mass is 19.1. The van der Waals surface area contributed by atoms with Gasteiger partial charge >= 0.3 is 5.97 Å². The highest BCUT2D eigenvalue weighted by molar-refractivity contribution is 5.97. The number of hydrogen-bond acceptors (Lipinski definition) is 5. The van der Waals surface area contributed by atoms with Gasteiger partial charge in [-0.3, -0.25) is 9.59 Å². The zero-order valence-electron chi connectivity index (χ0n) is 13.9. The number of ether oxygens (including phenoxy) is 1. The molecule has 0 fully saturated rings. The van der Waals surface area contributed by atoms with Gasteiger partial charge in [0, 0.05) is 23.6 Å². The van der Waals surface area contributed by atoms with Gasteiger partial charge in [0.1, 0.15) is 11.5 Å². The Morgan fingerprint density at radius 2 is 1.73 bits per heavy atom. The summed E-state index contributed by atoms with van der Waals surface area (Å²) in [6.45, 7) is -0.0522. The number of carbonyl (C=O) groups excluding carboxylic acids is 2. The summed E-state index contributed by atoms with van der Waals surface area (Å²) in [7, 11) is 0. The molecule has 0 atom stereocenters. The van der Waals surface area contributed by atoms with Gasteiger partial charge in [-0.25, -0.2) is 4.39 Å². The molecule has 0 bridgehead atoms. The van der Waals surface area contributed by atoms with E-state index in [1.165, 1.54) is 24.3 Å². The Morgan fingerprint density at radius 3 is 2.46 bits per heavy atom. The lowest BCUT2D eigenvalue weighted by Crippen LogP contribution is -2.08. The van der Waals surface area contributed by atoms with Gasteiger partial charge < -0.3 is 9.26 Å². The van der Waals surface area contributed by atoms with Crippen molar-refractivity contribution in [2.24, 2.45) is 0 Å². The Hall–Kier alpha value is -3.28. The molecule has 0 saturated heterocycles. The van der Waals surface area contributed by atoms with E-state index in [-0.39, 0.29) is 25.2 Å². The lowest BCUT2D eigenvalue weighted by Gasteiger charge is -2.02. The SMILES string of the molecule is O=C(CCC(=O)c1ccc(F)cc1)OCc1cc(-c2ccccc2)no1. The zero-order valence-corrected chi connectivity index (χ0v) is 13.9. The second-order valence-corrected chi connectivity index (χ2v) is 5.64. The number of aromatic nitrogens is 1. The number of carbonyl (C=O) groups is 2. The maximum absolute atomic E-state index is 12.8. The van der Waals surface area contributed by atoms with Gasteiger partial charge in [0.05, 0.1) is 6.42 Å². The summed E-state index contributed by atoms with van der Waals surface area (Å²) < 4.78 is 23.1. The molecule has 0 aliphatic carbocycles. The number of Topliss-reactive ketones (excluding diaryl/α,β-unsaturated/α-hetero) is 1. The van der Waals surface area contributed by atoms with Crippen LogP contribution in [0.3, 0.4) is 0 Å². The van der Waals surface area contributed by atoms with Crippen molar-refractivity contribution in [3.8, 4) is 11.3 Å². The van der Waals surface area contributed by atoms with Crippen LogP contribution in [0.15, 0.2) is 65.2 Å². The van der Waals surface area contributed by atoms with Gasteiger partial charge in [-0.05, 0) is 24.3 Å². The van der Waals surface area contributed by atoms with Gasteiger partial charge in [0.25, 0.3) is 0 Å². The van der Waals surface area contributed by atoms with Crippen molar-refractivity contribution >= 4 is 11.8 Å². The molecule has 1 heterocycles. The van der Waals surface area contributed by atoms with Crippen LogP contribution in [0.25, 0.3) is 11.3 Å². The average Bonchev–Trinajstić information content (AvgIpc) is 3.15. The molecule has 0 aliphatic heterocycles. The first-order valence-electron chi connectivity index (χ1n) is 8.07. The number of halogens is 1. The molecule has 0 spiro atoms. The first kappa shape index (κ1) is 17.5. The van der Waals surface area contributed by atoms with Crippen molar-refractivity contribution in [1.82, 2.24) is 5.16 Å². The van der Waals surface area contributed by atoms with Gasteiger partial charge in [0.2, 0.25) is 0 Å². The standard InChI is InChI=1S/C20H16FNO4/c21-16-8-6-15(7-9-16)19(23)10-11-20(24)25-13-17-12-18(22-26-17)14-4-2-1-3-5-14/h1-9,12H,10-11,13H2. The van der Waals surface area contributed by atoms with Crippen molar-refractivity contribution in [1.29, 1.82) is 0 Å². The topological polar surface area (TPSA) is 69.4 Å². The molecule has 3 rings (SSSR count). The number of hydrogen-bond donors (Lipinski definition) is 0. The van der Waals surface area contributed by atoms with Crippen LogP contribution >= 0.6 is 0 Å². The van der Waals surface area contributed by atoms with Gasteiger partial charge in [-0.2, -0.15) is 0 Å². The van der Waals surface area contributed by atoms with E-state index in [0.29, 0.717) is 17.0 Å². The number of esters is 1. The van der Waals surface area contributed by atoms with Gasteiger partial charge in [0.15, 0.2) is 18.2 Å². The third-order valence-electron chi connectivity index (χ3n) is 3.73. The third kappa shape index (κ3) is 4.63. The molecule has 6 heteroatoms. The van der Waals surface area contributed by atoms with Gasteiger partial charge in [-0.15, -0.1) is 0 Å². The molecule has 0 unspecified atom stereocenters. The van der Waals surface area contributed by atoms with Gasteiger partial charge in [-0.1, -0.05) is 35.5 Å². The Morgan fingerprint density at radius 1 is 1.00 bits per heavy atom. The highest BCUT2D eigenvalue weighted by Gasteiger charge is 2.12. The minimum absolute atomic E-state index is 0.00383. The van der Waals surface area contributed by atoms with Crippen molar-refractivity contribution in [3.05, 3.63) is 77.8 Å². The summed E-state index contributed by atoms with van der Waals surface area (Å²) in [4.78, 5) is 23.7. The number of benzene rings is 2. The molecule has 132 valence electrons. The predicted octanol–water partition coefficient (Wildman–Crippen LogP) is 4.19. The second kappa shape index (κ2) is 8.20. The Bertz CT molecular complexity index is 888. The fourth-order valence-corrected chi connectivity index (χ4v) is 2.35. The predicted molar refractivity (Wildman–Crippen MR) is 91.7 cm³/mol. The Kier molecular flexibility index (Phi) is 5.53. The molecule has 3 aromatic rings. The maximum Gasteiger partial charge on any atom is 0.306 e. The molecule has 0 saturated carbocycles. The van der Waals surface area contributed by atoms with E-state index in [0.717, 1.165) is 5.56 Å². The Labute approximate surface area is 149 Å². The molecule has 5 nitrogen and oxygen atoms in total. The van der Waals surface area contributed by atoms with E-state index in [4.69, 9.17) is 9.26 Å². The normalized spacial score (nSPS) is 10.5. The number of rotatable bonds is 7. The minimum atomic E-state index is -0.516. The fraction of sp³-hybridized carbons (Fsp3) is 0.150. The van der Waals surface area contributed by atoms with Crippen molar-refractivity contribution in [2.75, 3.05) is 0 Å². The monoisotopic (exact) mass is 353 g/mol. The van der Waals surface area contributed by atoms with Crippen molar-refractivity contribution in [3.63, 3.8) is 0 Å². The summed E-state index contributed by atoms with van der Waals surface area (Å²) in [5, 5.41) is 3.93. The van der Waals surface area contributed by atoms with E-state index in [1.807, 2.05) is 30.3 Å². The van der Waals surface area contributed by atoms with Crippen molar-refractivity contribution < 1.29 is 23.2 Å². The Balaban J connectivity index is 1.46. The molecule has 0 aliphatic rings. The first-order chi connectivity index (χ1) is 12.6. The quantitative estimate of drug-likeness (QED) is 0.471. The van der Waals surface area contributed by atoms with E-state index in [2.05, 4.69) is 5.16 Å². The molecular formula is C20H16FNO4. The zero-order chi connectivity index (χ0) is 18.4. The van der Waals surface area contributed by atoms with Crippen LogP contribution < -0.4 is 0 Å². The summed E-state index contributed by atoms with van der Waals surface area (Å²) in [5.74, 6) is -0.754. The van der Waals surface area contributed by atoms with Crippen LogP contribution in [-0.2, 0) is 16.1 Å². The molecule has 2 aromatic carbocycles. The molecule has 1 aromatic heterocycles. The third-order valence-corrected chi connectivity index (χ3v) is 3.73. The number of ketones is 1. The summed E-state index contributed by atoms with van der Waals surface area (Å²) in [5.41, 5.74) is 1.92. The van der Waals surface area contributed by atoms with Crippen LogP contribution in [0, 0.1) is 5.82 Å². The van der Waals surface area contributed by atoms with Crippen LogP contribution in [0.2, 0.25) is 0 Å². The van der Waals surface area contributed by atoms with Crippen molar-refractivity contribution in [2.45, 2.75) is 19.4 Å². The second-order valence-electron chi connectivity index (χ2n) is 5.64. The number of nitrogens with zero attached hydrogens (tertiary/aromatic N) is 1. The van der Waals surface area contributed by atoms with Crippen LogP contribution in [0.4, 0.5) is 4.39 Å². The lowest BCUT2D eigenvalue weighted by molar-refractivity contribution is -0.145. The molecular weight excluding hydrogens is 337 g/mol. The van der Waals surface area contributed by atoms with E-state index >= 15 is 0 Å². The fourth-order valence-electron chi connectivity index (χ4n) is 2.35. The largest absolute Gasteiger partial charge is 0.457 e. The van der Waals surface area contributed by atoms with E-state index in [9.17, 15) is 14.0 Å². The van der Waals surface area contributed by atoms with Crippen LogP contribution in [0.5, 0.6) is 0 Å². The highest BCUT2D eigenvalue weighted by Crippen LogP contribution is 2.19. The molecule has 0 N–H and O–H groups in total. The molecule has 0 radical (unpaired) electrons. The van der Waals surface area contributed by atoms with E-state index < -0.39 is 11.8 Å².